The van der Waals surface area contributed by atoms with Gasteiger partial charge in [-0.2, -0.15) is 0 Å². The van der Waals surface area contributed by atoms with Gasteiger partial charge in [0, 0.05) is 11.6 Å². The van der Waals surface area contributed by atoms with Crippen molar-refractivity contribution < 1.29 is 14.6 Å². The van der Waals surface area contributed by atoms with Crippen LogP contribution in [0.4, 0.5) is 0 Å². The van der Waals surface area contributed by atoms with Crippen molar-refractivity contribution in [3.63, 3.8) is 0 Å². The Morgan fingerprint density at radius 2 is 2.12 bits per heavy atom. The Kier molecular flexibility index (Phi) is 3.11. The van der Waals surface area contributed by atoms with Crippen LogP contribution in [-0.4, -0.2) is 19.3 Å². The maximum Gasteiger partial charge on any atom is 0.129 e. The van der Waals surface area contributed by atoms with Crippen LogP contribution in [0.3, 0.4) is 0 Å². The summed E-state index contributed by atoms with van der Waals surface area (Å²) in [6.07, 6.45) is 4.15. The number of aliphatic hydroxyl groups is 1. The Bertz CT molecular complexity index is 422. The first-order valence-electron chi connectivity index (χ1n) is 5.76. The van der Waals surface area contributed by atoms with E-state index in [1.54, 1.807) is 26.4 Å². The van der Waals surface area contributed by atoms with Gasteiger partial charge in [-0.15, -0.1) is 0 Å². The predicted octanol–water partition coefficient (Wildman–Crippen LogP) is 2.41. The lowest BCUT2D eigenvalue weighted by Gasteiger charge is -2.33. The Morgan fingerprint density at radius 1 is 1.35 bits per heavy atom. The highest BCUT2D eigenvalue weighted by Gasteiger charge is 2.34. The molecule has 2 rings (SSSR count). The van der Waals surface area contributed by atoms with Gasteiger partial charge in [0.2, 0.25) is 0 Å². The normalized spacial score (nSPS) is 22.8. The van der Waals surface area contributed by atoms with E-state index in [4.69, 9.17) is 9.47 Å². The molecule has 0 spiro atoms. The van der Waals surface area contributed by atoms with E-state index in [2.05, 4.69) is 6.58 Å². The molecule has 3 heteroatoms. The monoisotopic (exact) mass is 234 g/mol. The highest BCUT2D eigenvalue weighted by atomic mass is 16.5. The van der Waals surface area contributed by atoms with Gasteiger partial charge < -0.3 is 14.6 Å². The Morgan fingerprint density at radius 3 is 2.71 bits per heavy atom. The molecule has 1 atom stereocenters. The molecule has 0 saturated heterocycles. The molecule has 0 aliphatic heterocycles. The third-order valence-electron chi connectivity index (χ3n) is 3.39. The van der Waals surface area contributed by atoms with E-state index in [0.717, 1.165) is 29.7 Å². The average molecular weight is 234 g/mol. The number of hydrogen-bond donors (Lipinski definition) is 1. The average Bonchev–Trinajstić information content (AvgIpc) is 2.37. The van der Waals surface area contributed by atoms with E-state index in [-0.39, 0.29) is 0 Å². The fourth-order valence-corrected chi connectivity index (χ4v) is 2.49. The minimum atomic E-state index is -0.981. The zero-order valence-electron chi connectivity index (χ0n) is 10.3. The Balaban J connectivity index is 2.64. The molecule has 3 nitrogen and oxygen atoms in total. The van der Waals surface area contributed by atoms with Crippen LogP contribution in [0, 0.1) is 0 Å². The number of aryl methyl sites for hydroxylation is 1. The fraction of sp³-hybridized carbons (Fsp3) is 0.429. The highest BCUT2D eigenvalue weighted by Crippen LogP contribution is 2.43. The number of benzene rings is 1. The molecule has 0 aromatic heterocycles. The van der Waals surface area contributed by atoms with Crippen molar-refractivity contribution in [2.24, 2.45) is 0 Å². The minimum Gasteiger partial charge on any atom is -0.497 e. The van der Waals surface area contributed by atoms with Gasteiger partial charge in [0.05, 0.1) is 14.2 Å². The van der Waals surface area contributed by atoms with Crippen molar-refractivity contribution in [1.82, 2.24) is 0 Å². The van der Waals surface area contributed by atoms with Gasteiger partial charge in [-0.3, -0.25) is 0 Å². The summed E-state index contributed by atoms with van der Waals surface area (Å²) in [5.74, 6) is 1.43. The number of hydrogen-bond acceptors (Lipinski definition) is 3. The third kappa shape index (κ3) is 1.91. The smallest absolute Gasteiger partial charge is 0.129 e. The van der Waals surface area contributed by atoms with Crippen LogP contribution >= 0.6 is 0 Å². The molecule has 0 heterocycles. The largest absolute Gasteiger partial charge is 0.497 e. The first-order chi connectivity index (χ1) is 8.14. The first kappa shape index (κ1) is 12.0. The molecule has 17 heavy (non-hydrogen) atoms. The van der Waals surface area contributed by atoms with Gasteiger partial charge in [0.25, 0.3) is 0 Å². The second-order valence-corrected chi connectivity index (χ2v) is 4.35. The van der Waals surface area contributed by atoms with E-state index in [0.29, 0.717) is 12.2 Å². The minimum absolute atomic E-state index is 0.668. The summed E-state index contributed by atoms with van der Waals surface area (Å²) in [5.41, 5.74) is 0.933. The second kappa shape index (κ2) is 4.41. The molecule has 1 aliphatic carbocycles. The van der Waals surface area contributed by atoms with Gasteiger partial charge in [0.15, 0.2) is 0 Å². The van der Waals surface area contributed by atoms with Crippen LogP contribution in [0.5, 0.6) is 11.5 Å². The van der Waals surface area contributed by atoms with Crippen LogP contribution in [0.15, 0.2) is 24.8 Å². The van der Waals surface area contributed by atoms with Gasteiger partial charge in [-0.25, -0.2) is 0 Å². The maximum atomic E-state index is 10.6. The molecule has 0 radical (unpaired) electrons. The van der Waals surface area contributed by atoms with Crippen molar-refractivity contribution in [3.05, 3.63) is 35.9 Å². The number of rotatable bonds is 3. The second-order valence-electron chi connectivity index (χ2n) is 4.35. The van der Waals surface area contributed by atoms with Crippen LogP contribution in [-0.2, 0) is 12.0 Å². The predicted molar refractivity (Wildman–Crippen MR) is 66.6 cm³/mol. The zero-order valence-corrected chi connectivity index (χ0v) is 10.3. The fourth-order valence-electron chi connectivity index (χ4n) is 2.49. The SMILES string of the molecule is C=CC1(O)CCCc2cc(OC)cc(OC)c21. The third-order valence-corrected chi connectivity index (χ3v) is 3.39. The molecular formula is C14H18O3. The standard InChI is InChI=1S/C14H18O3/c1-4-14(15)7-5-6-10-8-11(16-2)9-12(17-3)13(10)14/h4,8-9,15H,1,5-7H2,2-3H3. The van der Waals surface area contributed by atoms with Crippen LogP contribution < -0.4 is 9.47 Å². The summed E-state index contributed by atoms with van der Waals surface area (Å²) in [6.45, 7) is 3.74. The molecule has 1 aliphatic rings. The van der Waals surface area contributed by atoms with E-state index in [1.807, 2.05) is 6.07 Å². The summed E-state index contributed by atoms with van der Waals surface area (Å²) in [6, 6.07) is 3.77. The number of methoxy groups -OCH3 is 2. The summed E-state index contributed by atoms with van der Waals surface area (Å²) in [4.78, 5) is 0. The van der Waals surface area contributed by atoms with E-state index < -0.39 is 5.60 Å². The lowest BCUT2D eigenvalue weighted by molar-refractivity contribution is 0.0673. The quantitative estimate of drug-likeness (QED) is 0.816. The van der Waals surface area contributed by atoms with Crippen LogP contribution in [0.25, 0.3) is 0 Å². The Labute approximate surface area is 102 Å². The summed E-state index contributed by atoms with van der Waals surface area (Å²) in [5, 5.41) is 10.6. The van der Waals surface area contributed by atoms with Gasteiger partial charge in [0.1, 0.15) is 17.1 Å². The van der Waals surface area contributed by atoms with Crippen molar-refractivity contribution in [2.75, 3.05) is 14.2 Å². The van der Waals surface area contributed by atoms with E-state index in [9.17, 15) is 5.11 Å². The summed E-state index contributed by atoms with van der Waals surface area (Å²) >= 11 is 0. The van der Waals surface area contributed by atoms with Gasteiger partial charge in [-0.1, -0.05) is 12.7 Å². The van der Waals surface area contributed by atoms with Crippen molar-refractivity contribution in [3.8, 4) is 11.5 Å². The maximum absolute atomic E-state index is 10.6. The molecule has 1 unspecified atom stereocenters. The van der Waals surface area contributed by atoms with E-state index >= 15 is 0 Å². The zero-order chi connectivity index (χ0) is 12.5. The first-order valence-corrected chi connectivity index (χ1v) is 5.76. The molecule has 0 saturated carbocycles. The molecular weight excluding hydrogens is 216 g/mol. The van der Waals surface area contributed by atoms with Gasteiger partial charge in [-0.05, 0) is 30.9 Å². The highest BCUT2D eigenvalue weighted by molar-refractivity contribution is 5.52. The molecule has 0 amide bonds. The van der Waals surface area contributed by atoms with Crippen molar-refractivity contribution >= 4 is 0 Å². The summed E-state index contributed by atoms with van der Waals surface area (Å²) in [7, 11) is 3.23. The number of ether oxygens (including phenoxy) is 2. The molecule has 1 N–H and O–H groups in total. The lowest BCUT2D eigenvalue weighted by Crippen LogP contribution is -2.28. The topological polar surface area (TPSA) is 38.7 Å². The molecule has 1 aromatic rings. The van der Waals surface area contributed by atoms with Crippen molar-refractivity contribution in [1.29, 1.82) is 0 Å². The molecule has 0 fully saturated rings. The van der Waals surface area contributed by atoms with Crippen LogP contribution in [0.2, 0.25) is 0 Å². The van der Waals surface area contributed by atoms with E-state index in [1.165, 1.54) is 0 Å². The summed E-state index contributed by atoms with van der Waals surface area (Å²) < 4.78 is 10.6. The van der Waals surface area contributed by atoms with Crippen LogP contribution in [0.1, 0.15) is 24.0 Å². The Hall–Kier alpha value is -1.48. The molecule has 0 bridgehead atoms. The number of fused-ring (bicyclic) bond motifs is 1. The van der Waals surface area contributed by atoms with Gasteiger partial charge >= 0.3 is 0 Å². The van der Waals surface area contributed by atoms with Crippen molar-refractivity contribution in [2.45, 2.75) is 24.9 Å². The molecule has 92 valence electrons. The lowest BCUT2D eigenvalue weighted by atomic mass is 9.78. The molecule has 1 aromatic carbocycles.